The molecule has 1 aliphatic rings. The van der Waals surface area contributed by atoms with E-state index in [1.54, 1.807) is 0 Å². The molecule has 0 bridgehead atoms. The Balaban J connectivity index is 2.66. The fourth-order valence-electron chi connectivity index (χ4n) is 2.26. The number of fused-ring (bicyclic) bond motifs is 1. The zero-order chi connectivity index (χ0) is 11.2. The van der Waals surface area contributed by atoms with Crippen molar-refractivity contribution in [3.05, 3.63) is 33.3 Å². The second kappa shape index (κ2) is 3.75. The Morgan fingerprint density at radius 2 is 2.07 bits per heavy atom. The van der Waals surface area contributed by atoms with Gasteiger partial charge in [0.1, 0.15) is 0 Å². The molecule has 15 heavy (non-hydrogen) atoms. The average Bonchev–Trinajstić information content (AvgIpc) is 2.46. The van der Waals surface area contributed by atoms with Gasteiger partial charge in [0.2, 0.25) is 0 Å². The molecule has 1 nitrogen and oxygen atoms in total. The Kier molecular flexibility index (Phi) is 2.72. The number of halogens is 1. The van der Waals surface area contributed by atoms with Crippen molar-refractivity contribution in [2.24, 2.45) is 5.92 Å². The maximum atomic E-state index is 12.1. The number of carbonyl (C=O) groups is 1. The van der Waals surface area contributed by atoms with Crippen LogP contribution in [0.25, 0.3) is 0 Å². The lowest BCUT2D eigenvalue weighted by atomic mass is 9.94. The molecule has 0 aromatic heterocycles. The van der Waals surface area contributed by atoms with E-state index in [-0.39, 0.29) is 5.92 Å². The van der Waals surface area contributed by atoms with Crippen LogP contribution in [0, 0.1) is 5.92 Å². The molecule has 0 saturated carbocycles. The van der Waals surface area contributed by atoms with Gasteiger partial charge in [0.15, 0.2) is 5.78 Å². The number of rotatable bonds is 1. The molecule has 2 heteroatoms. The summed E-state index contributed by atoms with van der Waals surface area (Å²) in [6, 6.07) is 4.14. The minimum Gasteiger partial charge on any atom is -0.294 e. The SMILES string of the molecule is CC1Cc2c(Br)ccc(C(C)C)c2C1=O. The van der Waals surface area contributed by atoms with Crippen LogP contribution in [0.1, 0.15) is 48.2 Å². The molecule has 1 aromatic rings. The van der Waals surface area contributed by atoms with Crippen LogP contribution < -0.4 is 0 Å². The molecule has 80 valence electrons. The van der Waals surface area contributed by atoms with Crippen molar-refractivity contribution in [2.75, 3.05) is 0 Å². The first-order chi connectivity index (χ1) is 7.02. The van der Waals surface area contributed by atoms with E-state index >= 15 is 0 Å². The van der Waals surface area contributed by atoms with E-state index in [4.69, 9.17) is 0 Å². The van der Waals surface area contributed by atoms with Crippen LogP contribution in [0.2, 0.25) is 0 Å². The minimum atomic E-state index is 0.149. The highest BCUT2D eigenvalue weighted by Gasteiger charge is 2.31. The molecule has 0 fully saturated rings. The van der Waals surface area contributed by atoms with Gasteiger partial charge in [0.05, 0.1) is 0 Å². The highest BCUT2D eigenvalue weighted by atomic mass is 79.9. The van der Waals surface area contributed by atoms with Gasteiger partial charge in [-0.1, -0.05) is 42.8 Å². The molecule has 0 N–H and O–H groups in total. The number of benzene rings is 1. The van der Waals surface area contributed by atoms with Crippen molar-refractivity contribution in [1.82, 2.24) is 0 Å². The van der Waals surface area contributed by atoms with Gasteiger partial charge in [0, 0.05) is 16.0 Å². The van der Waals surface area contributed by atoms with E-state index in [1.807, 2.05) is 6.92 Å². The lowest BCUT2D eigenvalue weighted by molar-refractivity contribution is 0.0945. The zero-order valence-corrected chi connectivity index (χ0v) is 10.9. The first-order valence-electron chi connectivity index (χ1n) is 5.37. The molecule has 1 atom stereocenters. The van der Waals surface area contributed by atoms with Gasteiger partial charge in [-0.3, -0.25) is 4.79 Å². The third-order valence-corrected chi connectivity index (χ3v) is 3.86. The molecule has 0 heterocycles. The normalized spacial score (nSPS) is 19.8. The topological polar surface area (TPSA) is 17.1 Å². The molecule has 2 rings (SSSR count). The van der Waals surface area contributed by atoms with Crippen LogP contribution in [0.4, 0.5) is 0 Å². The molecule has 0 aliphatic heterocycles. The molecule has 0 radical (unpaired) electrons. The monoisotopic (exact) mass is 266 g/mol. The summed E-state index contributed by atoms with van der Waals surface area (Å²) >= 11 is 3.53. The Morgan fingerprint density at radius 3 is 2.67 bits per heavy atom. The predicted molar refractivity (Wildman–Crippen MR) is 65.4 cm³/mol. The minimum absolute atomic E-state index is 0.149. The number of hydrogen-bond acceptors (Lipinski definition) is 1. The molecule has 0 spiro atoms. The number of hydrogen-bond donors (Lipinski definition) is 0. The Hall–Kier alpha value is -0.630. The van der Waals surface area contributed by atoms with Gasteiger partial charge >= 0.3 is 0 Å². The van der Waals surface area contributed by atoms with Crippen molar-refractivity contribution in [1.29, 1.82) is 0 Å². The molecule has 1 unspecified atom stereocenters. The van der Waals surface area contributed by atoms with E-state index in [0.29, 0.717) is 11.7 Å². The smallest absolute Gasteiger partial charge is 0.166 e. The van der Waals surface area contributed by atoms with Crippen LogP contribution in [0.15, 0.2) is 16.6 Å². The van der Waals surface area contributed by atoms with Crippen molar-refractivity contribution < 1.29 is 4.79 Å². The Bertz CT molecular complexity index is 421. The van der Waals surface area contributed by atoms with Gasteiger partial charge in [-0.05, 0) is 29.5 Å². The van der Waals surface area contributed by atoms with Crippen LogP contribution in [-0.2, 0) is 6.42 Å². The zero-order valence-electron chi connectivity index (χ0n) is 9.30. The van der Waals surface area contributed by atoms with E-state index < -0.39 is 0 Å². The van der Waals surface area contributed by atoms with Gasteiger partial charge < -0.3 is 0 Å². The largest absolute Gasteiger partial charge is 0.294 e. The maximum absolute atomic E-state index is 12.1. The van der Waals surface area contributed by atoms with E-state index in [2.05, 4.69) is 41.9 Å². The van der Waals surface area contributed by atoms with Crippen molar-refractivity contribution in [2.45, 2.75) is 33.1 Å². The maximum Gasteiger partial charge on any atom is 0.166 e. The van der Waals surface area contributed by atoms with Gasteiger partial charge in [0.25, 0.3) is 0 Å². The Morgan fingerprint density at radius 1 is 1.40 bits per heavy atom. The lowest BCUT2D eigenvalue weighted by Crippen LogP contribution is -2.06. The molecule has 1 aromatic carbocycles. The van der Waals surface area contributed by atoms with Gasteiger partial charge in [-0.25, -0.2) is 0 Å². The van der Waals surface area contributed by atoms with Crippen LogP contribution in [-0.4, -0.2) is 5.78 Å². The fourth-order valence-corrected chi connectivity index (χ4v) is 2.75. The summed E-state index contributed by atoms with van der Waals surface area (Å²) in [5.41, 5.74) is 3.38. The standard InChI is InChI=1S/C13H15BrO/c1-7(2)9-4-5-11(14)10-6-8(3)13(15)12(9)10/h4-5,7-8H,6H2,1-3H3. The van der Waals surface area contributed by atoms with E-state index in [9.17, 15) is 4.79 Å². The van der Waals surface area contributed by atoms with Crippen molar-refractivity contribution >= 4 is 21.7 Å². The number of ketones is 1. The van der Waals surface area contributed by atoms with Crippen LogP contribution in [0.3, 0.4) is 0 Å². The summed E-state index contributed by atoms with van der Waals surface area (Å²) in [7, 11) is 0. The average molecular weight is 267 g/mol. The third-order valence-electron chi connectivity index (χ3n) is 3.11. The third kappa shape index (κ3) is 1.65. The number of carbonyl (C=O) groups excluding carboxylic acids is 1. The second-order valence-electron chi connectivity index (χ2n) is 4.61. The molecule has 0 saturated heterocycles. The second-order valence-corrected chi connectivity index (χ2v) is 5.47. The summed E-state index contributed by atoms with van der Waals surface area (Å²) in [4.78, 5) is 12.1. The lowest BCUT2D eigenvalue weighted by Gasteiger charge is -2.11. The summed E-state index contributed by atoms with van der Waals surface area (Å²) in [6.45, 7) is 6.29. The quantitative estimate of drug-likeness (QED) is 0.753. The Labute approximate surface area is 99.0 Å². The van der Waals surface area contributed by atoms with Gasteiger partial charge in [-0.15, -0.1) is 0 Å². The fraction of sp³-hybridized carbons (Fsp3) is 0.462. The molecule has 0 amide bonds. The van der Waals surface area contributed by atoms with E-state index in [1.165, 1.54) is 11.1 Å². The number of Topliss-reactive ketones (excluding diaryl/α,β-unsaturated/α-hetero) is 1. The summed E-state index contributed by atoms with van der Waals surface area (Å²) in [5.74, 6) is 0.882. The highest BCUT2D eigenvalue weighted by molar-refractivity contribution is 9.10. The first-order valence-corrected chi connectivity index (χ1v) is 6.17. The molecular weight excluding hydrogens is 252 g/mol. The highest BCUT2D eigenvalue weighted by Crippen LogP contribution is 2.37. The van der Waals surface area contributed by atoms with Crippen LogP contribution >= 0.6 is 15.9 Å². The van der Waals surface area contributed by atoms with Crippen molar-refractivity contribution in [3.63, 3.8) is 0 Å². The molecule has 1 aliphatic carbocycles. The summed E-state index contributed by atoms with van der Waals surface area (Å²) in [5, 5.41) is 0. The molecular formula is C13H15BrO. The van der Waals surface area contributed by atoms with Crippen molar-refractivity contribution in [3.8, 4) is 0 Å². The summed E-state index contributed by atoms with van der Waals surface area (Å²) < 4.78 is 1.08. The first kappa shape index (κ1) is 10.9. The van der Waals surface area contributed by atoms with E-state index in [0.717, 1.165) is 16.5 Å². The van der Waals surface area contributed by atoms with Gasteiger partial charge in [-0.2, -0.15) is 0 Å². The summed E-state index contributed by atoms with van der Waals surface area (Å²) in [6.07, 6.45) is 0.884. The predicted octanol–water partition coefficient (Wildman–Crippen LogP) is 3.95. The van der Waals surface area contributed by atoms with Crippen LogP contribution in [0.5, 0.6) is 0 Å².